The van der Waals surface area contributed by atoms with E-state index in [0.717, 1.165) is 0 Å². The first-order chi connectivity index (χ1) is 11.1. The van der Waals surface area contributed by atoms with E-state index in [0.29, 0.717) is 5.57 Å². The van der Waals surface area contributed by atoms with Gasteiger partial charge in [-0.25, -0.2) is 9.59 Å². The molecule has 0 fully saturated rings. The van der Waals surface area contributed by atoms with Gasteiger partial charge in [-0.15, -0.1) is 0 Å². The van der Waals surface area contributed by atoms with Gasteiger partial charge in [0, 0.05) is 25.6 Å². The molecule has 132 valence electrons. The summed E-state index contributed by atoms with van der Waals surface area (Å²) in [6, 6.07) is 0. The summed E-state index contributed by atoms with van der Waals surface area (Å²) in [6.07, 6.45) is 4.98. The molecule has 0 aliphatic carbocycles. The second-order valence-corrected chi connectivity index (χ2v) is 5.89. The maximum absolute atomic E-state index is 11.8. The molecule has 0 N–H and O–H groups in total. The van der Waals surface area contributed by atoms with Crippen molar-refractivity contribution < 1.29 is 28.6 Å². The fraction of sp³-hybridized carbons (Fsp3) is 0.471. The number of esters is 2. The quantitative estimate of drug-likeness (QED) is 0.318. The molecule has 7 nitrogen and oxygen atoms in total. The minimum atomic E-state index is -0.876. The van der Waals surface area contributed by atoms with Crippen molar-refractivity contribution in [3.8, 4) is 0 Å². The van der Waals surface area contributed by atoms with E-state index < -0.39 is 23.8 Å². The van der Waals surface area contributed by atoms with Gasteiger partial charge in [-0.3, -0.25) is 4.79 Å². The summed E-state index contributed by atoms with van der Waals surface area (Å²) in [5, 5.41) is 0. The molecule has 24 heavy (non-hydrogen) atoms. The second-order valence-electron chi connectivity index (χ2n) is 5.89. The average molecular weight is 337 g/mol. The number of ether oxygens (including phenoxy) is 3. The molecule has 0 bridgehead atoms. The number of hydrogen-bond donors (Lipinski definition) is 0. The fourth-order valence-electron chi connectivity index (χ4n) is 1.80. The van der Waals surface area contributed by atoms with Gasteiger partial charge >= 0.3 is 11.9 Å². The number of carbonyl (C=O) groups is 3. The van der Waals surface area contributed by atoms with E-state index in [4.69, 9.17) is 14.2 Å². The lowest BCUT2D eigenvalue weighted by Gasteiger charge is -2.32. The third kappa shape index (κ3) is 4.97. The third-order valence-corrected chi connectivity index (χ3v) is 3.69. The number of hydrogen-bond acceptors (Lipinski definition) is 6. The van der Waals surface area contributed by atoms with Crippen LogP contribution in [-0.4, -0.2) is 48.7 Å². The first-order valence-corrected chi connectivity index (χ1v) is 7.35. The van der Waals surface area contributed by atoms with Crippen molar-refractivity contribution in [2.45, 2.75) is 39.5 Å². The van der Waals surface area contributed by atoms with E-state index in [1.165, 1.54) is 37.3 Å². The molecule has 1 rings (SSSR count). The van der Waals surface area contributed by atoms with Gasteiger partial charge < -0.3 is 19.1 Å². The van der Waals surface area contributed by atoms with Gasteiger partial charge in [0.25, 0.3) is 6.29 Å². The molecule has 0 aromatic rings. The molecule has 0 radical (unpaired) electrons. The van der Waals surface area contributed by atoms with Crippen LogP contribution in [0.15, 0.2) is 35.6 Å². The molecular formula is C17H23NO6. The van der Waals surface area contributed by atoms with Crippen LogP contribution in [0.25, 0.3) is 0 Å². The number of nitrogens with zero attached hydrogens (tertiary/aromatic N) is 1. The van der Waals surface area contributed by atoms with Crippen molar-refractivity contribution in [3.05, 3.63) is 35.6 Å². The highest BCUT2D eigenvalue weighted by molar-refractivity contribution is 5.91. The number of rotatable bonds is 6. The molecule has 1 heterocycles. The Hall–Kier alpha value is -2.57. The average Bonchev–Trinajstić information content (AvgIpc) is 2.84. The van der Waals surface area contributed by atoms with Crippen LogP contribution in [0.1, 0.15) is 27.7 Å². The van der Waals surface area contributed by atoms with Gasteiger partial charge in [0.05, 0.1) is 18.2 Å². The van der Waals surface area contributed by atoms with E-state index in [1.54, 1.807) is 20.0 Å². The Balaban J connectivity index is 2.92. The van der Waals surface area contributed by atoms with E-state index in [1.807, 2.05) is 13.8 Å². The molecule has 1 aliphatic heterocycles. The summed E-state index contributed by atoms with van der Waals surface area (Å²) in [5.41, 5.74) is -0.0563. The van der Waals surface area contributed by atoms with E-state index in [2.05, 4.69) is 0 Å². The van der Waals surface area contributed by atoms with Crippen molar-refractivity contribution in [1.82, 2.24) is 4.90 Å². The molecule has 1 atom stereocenters. The van der Waals surface area contributed by atoms with Crippen LogP contribution in [-0.2, 0) is 28.6 Å². The molecule has 0 spiro atoms. The summed E-state index contributed by atoms with van der Waals surface area (Å²) in [4.78, 5) is 36.1. The minimum absolute atomic E-state index is 0.108. The Morgan fingerprint density at radius 2 is 2.00 bits per heavy atom. The third-order valence-electron chi connectivity index (χ3n) is 3.69. The Labute approximate surface area is 141 Å². The first-order valence-electron chi connectivity index (χ1n) is 7.35. The Bertz CT molecular complexity index is 615. The summed E-state index contributed by atoms with van der Waals surface area (Å²) >= 11 is 0. The van der Waals surface area contributed by atoms with Crippen LogP contribution in [0.2, 0.25) is 0 Å². The minimum Gasteiger partial charge on any atom is -0.465 e. The highest BCUT2D eigenvalue weighted by Gasteiger charge is 2.24. The molecule has 0 saturated heterocycles. The molecule has 0 saturated carbocycles. The van der Waals surface area contributed by atoms with Gasteiger partial charge in [-0.05, 0) is 26.8 Å². The fourth-order valence-corrected chi connectivity index (χ4v) is 1.80. The maximum atomic E-state index is 11.8. The zero-order chi connectivity index (χ0) is 18.5. The molecule has 7 heteroatoms. The van der Waals surface area contributed by atoms with Crippen LogP contribution in [0.4, 0.5) is 0 Å². The van der Waals surface area contributed by atoms with Gasteiger partial charge in [0.15, 0.2) is 0 Å². The summed E-state index contributed by atoms with van der Waals surface area (Å²) < 4.78 is 14.9. The predicted molar refractivity (Wildman–Crippen MR) is 86.5 cm³/mol. The summed E-state index contributed by atoms with van der Waals surface area (Å²) in [5.74, 6) is -1.19. The van der Waals surface area contributed by atoms with Crippen LogP contribution >= 0.6 is 0 Å². The van der Waals surface area contributed by atoms with Crippen LogP contribution in [0.3, 0.4) is 0 Å². The van der Waals surface area contributed by atoms with E-state index >= 15 is 0 Å². The zero-order valence-electron chi connectivity index (χ0n) is 14.8. The summed E-state index contributed by atoms with van der Waals surface area (Å²) in [6.45, 7) is 6.71. The predicted octanol–water partition coefficient (Wildman–Crippen LogP) is 1.70. The number of methoxy groups -OCH3 is 1. The van der Waals surface area contributed by atoms with Crippen LogP contribution in [0, 0.1) is 0 Å². The van der Waals surface area contributed by atoms with Crippen LogP contribution in [0.5, 0.6) is 0 Å². The molecule has 0 aromatic heterocycles. The van der Waals surface area contributed by atoms with Crippen LogP contribution < -0.4 is 0 Å². The second kappa shape index (κ2) is 7.81. The molecule has 1 unspecified atom stereocenters. The number of cyclic esters (lactones) is 1. The number of amides is 1. The lowest BCUT2D eigenvalue weighted by Crippen LogP contribution is -2.42. The lowest BCUT2D eigenvalue weighted by atomic mass is 10.0. The van der Waals surface area contributed by atoms with Gasteiger partial charge in [-0.1, -0.05) is 6.08 Å². The highest BCUT2D eigenvalue weighted by Crippen LogP contribution is 2.18. The summed E-state index contributed by atoms with van der Waals surface area (Å²) in [7, 11) is 2.91. The Morgan fingerprint density at radius 1 is 1.38 bits per heavy atom. The standard InChI is InChI=1S/C17H23NO6/c1-11-9-14(24-15(11)20)23-10-13(16(21)22-6)7-8-17(3,4)18(5)12(2)19/h7-10,14H,1-6H3/b8-7+,13-10+. The number of carbonyl (C=O) groups excluding carboxylic acids is 3. The van der Waals surface area contributed by atoms with Gasteiger partial charge in [-0.2, -0.15) is 0 Å². The van der Waals surface area contributed by atoms with E-state index in [-0.39, 0.29) is 11.5 Å². The highest BCUT2D eigenvalue weighted by atomic mass is 16.7. The number of likely N-dealkylation sites (N-methyl/N-ethyl adjacent to an activating group) is 1. The lowest BCUT2D eigenvalue weighted by molar-refractivity contribution is -0.152. The molecule has 0 aromatic carbocycles. The normalized spacial score (nSPS) is 18.2. The maximum Gasteiger partial charge on any atom is 0.340 e. The molecular weight excluding hydrogens is 314 g/mol. The van der Waals surface area contributed by atoms with Gasteiger partial charge in [0.2, 0.25) is 5.91 Å². The van der Waals surface area contributed by atoms with Crippen molar-refractivity contribution in [2.24, 2.45) is 0 Å². The van der Waals surface area contributed by atoms with Crippen molar-refractivity contribution >= 4 is 17.8 Å². The monoisotopic (exact) mass is 337 g/mol. The SMILES string of the molecule is COC(=O)C(/C=C/C(C)(C)N(C)C(C)=O)=C/OC1C=C(C)C(=O)O1. The molecule has 1 amide bonds. The first kappa shape index (κ1) is 19.5. The van der Waals surface area contributed by atoms with Crippen molar-refractivity contribution in [2.75, 3.05) is 14.2 Å². The largest absolute Gasteiger partial charge is 0.465 e. The Morgan fingerprint density at radius 3 is 2.46 bits per heavy atom. The Kier molecular flexibility index (Phi) is 6.34. The topological polar surface area (TPSA) is 82.1 Å². The van der Waals surface area contributed by atoms with Gasteiger partial charge in [0.1, 0.15) is 6.26 Å². The molecule has 1 aliphatic rings. The zero-order valence-corrected chi connectivity index (χ0v) is 14.8. The van der Waals surface area contributed by atoms with Crippen molar-refractivity contribution in [1.29, 1.82) is 0 Å². The smallest absolute Gasteiger partial charge is 0.340 e. The van der Waals surface area contributed by atoms with E-state index in [9.17, 15) is 14.4 Å². The van der Waals surface area contributed by atoms with Crippen molar-refractivity contribution in [3.63, 3.8) is 0 Å².